The molecule has 0 aromatic carbocycles. The summed E-state index contributed by atoms with van der Waals surface area (Å²) in [4.78, 5) is 4.10. The average molecular weight is 211 g/mol. The zero-order valence-corrected chi connectivity index (χ0v) is 8.94. The Morgan fingerprint density at radius 3 is 2.93 bits per heavy atom. The van der Waals surface area contributed by atoms with Crippen molar-refractivity contribution in [2.75, 3.05) is 0 Å². The average Bonchev–Trinajstić information content (AvgIpc) is 2.63. The van der Waals surface area contributed by atoms with E-state index in [4.69, 9.17) is 4.52 Å². The van der Waals surface area contributed by atoms with Crippen LogP contribution >= 0.6 is 0 Å². The highest BCUT2D eigenvalue weighted by Crippen LogP contribution is 2.18. The fraction of sp³-hybridized carbons (Fsp3) is 0.800. The SMILES string of the molecule is Cc1noc(CN[C@H]2CCCC[C@@H]2O)n1. The Labute approximate surface area is 88.9 Å². The van der Waals surface area contributed by atoms with Gasteiger partial charge < -0.3 is 14.9 Å². The van der Waals surface area contributed by atoms with Crippen LogP contribution in [0.3, 0.4) is 0 Å². The minimum Gasteiger partial charge on any atom is -0.392 e. The molecule has 15 heavy (non-hydrogen) atoms. The van der Waals surface area contributed by atoms with E-state index in [1.54, 1.807) is 6.92 Å². The van der Waals surface area contributed by atoms with Crippen molar-refractivity contribution in [1.82, 2.24) is 15.5 Å². The van der Waals surface area contributed by atoms with E-state index >= 15 is 0 Å². The molecule has 0 spiro atoms. The van der Waals surface area contributed by atoms with Crippen LogP contribution in [0.25, 0.3) is 0 Å². The summed E-state index contributed by atoms with van der Waals surface area (Å²) < 4.78 is 4.99. The monoisotopic (exact) mass is 211 g/mol. The molecule has 1 heterocycles. The molecule has 1 fully saturated rings. The Kier molecular flexibility index (Phi) is 3.33. The fourth-order valence-corrected chi connectivity index (χ4v) is 1.98. The number of aliphatic hydroxyl groups excluding tert-OH is 1. The van der Waals surface area contributed by atoms with Gasteiger partial charge in [-0.1, -0.05) is 18.0 Å². The fourth-order valence-electron chi connectivity index (χ4n) is 1.98. The summed E-state index contributed by atoms with van der Waals surface area (Å²) in [6.07, 6.45) is 3.98. The third-order valence-corrected chi connectivity index (χ3v) is 2.81. The molecular weight excluding hydrogens is 194 g/mol. The van der Waals surface area contributed by atoms with Crippen LogP contribution in [-0.2, 0) is 6.54 Å². The van der Waals surface area contributed by atoms with Crippen molar-refractivity contribution in [2.45, 2.75) is 51.3 Å². The number of rotatable bonds is 3. The van der Waals surface area contributed by atoms with Crippen LogP contribution in [0.2, 0.25) is 0 Å². The van der Waals surface area contributed by atoms with Gasteiger partial charge >= 0.3 is 0 Å². The number of nitrogens with one attached hydrogen (secondary N) is 1. The van der Waals surface area contributed by atoms with Gasteiger partial charge in [-0.3, -0.25) is 0 Å². The van der Waals surface area contributed by atoms with E-state index < -0.39 is 0 Å². The Morgan fingerprint density at radius 2 is 2.27 bits per heavy atom. The Bertz CT molecular complexity index is 313. The van der Waals surface area contributed by atoms with E-state index in [2.05, 4.69) is 15.5 Å². The molecular formula is C10H17N3O2. The summed E-state index contributed by atoms with van der Waals surface area (Å²) in [6.45, 7) is 2.34. The number of aromatic nitrogens is 2. The van der Waals surface area contributed by atoms with Crippen LogP contribution in [0, 0.1) is 6.92 Å². The molecule has 5 nitrogen and oxygen atoms in total. The van der Waals surface area contributed by atoms with Gasteiger partial charge in [-0.15, -0.1) is 0 Å². The highest BCUT2D eigenvalue weighted by atomic mass is 16.5. The molecule has 0 aliphatic heterocycles. The summed E-state index contributed by atoms with van der Waals surface area (Å²) in [7, 11) is 0. The maximum atomic E-state index is 9.72. The minimum absolute atomic E-state index is 0.172. The summed E-state index contributed by atoms with van der Waals surface area (Å²) in [6, 6.07) is 0.172. The molecule has 1 aliphatic carbocycles. The van der Waals surface area contributed by atoms with Crippen molar-refractivity contribution < 1.29 is 9.63 Å². The van der Waals surface area contributed by atoms with Gasteiger partial charge in [-0.05, 0) is 19.8 Å². The van der Waals surface area contributed by atoms with Crippen LogP contribution in [0.5, 0.6) is 0 Å². The lowest BCUT2D eigenvalue weighted by Gasteiger charge is -2.27. The van der Waals surface area contributed by atoms with Crippen LogP contribution < -0.4 is 5.32 Å². The molecule has 1 saturated carbocycles. The number of hydrogen-bond donors (Lipinski definition) is 2. The Balaban J connectivity index is 1.81. The van der Waals surface area contributed by atoms with E-state index in [1.807, 2.05) is 0 Å². The van der Waals surface area contributed by atoms with Gasteiger partial charge in [0.1, 0.15) is 0 Å². The van der Waals surface area contributed by atoms with E-state index in [0.29, 0.717) is 18.3 Å². The van der Waals surface area contributed by atoms with Gasteiger partial charge in [0.2, 0.25) is 5.89 Å². The normalized spacial score (nSPS) is 26.8. The lowest BCUT2D eigenvalue weighted by atomic mass is 9.93. The number of nitrogens with zero attached hydrogens (tertiary/aromatic N) is 2. The second kappa shape index (κ2) is 4.72. The molecule has 0 unspecified atom stereocenters. The number of hydrogen-bond acceptors (Lipinski definition) is 5. The predicted molar refractivity (Wildman–Crippen MR) is 54.1 cm³/mol. The van der Waals surface area contributed by atoms with Crippen molar-refractivity contribution in [2.24, 2.45) is 0 Å². The highest BCUT2D eigenvalue weighted by Gasteiger charge is 2.22. The lowest BCUT2D eigenvalue weighted by molar-refractivity contribution is 0.0887. The van der Waals surface area contributed by atoms with E-state index in [0.717, 1.165) is 19.3 Å². The number of aliphatic hydroxyl groups is 1. The largest absolute Gasteiger partial charge is 0.392 e. The van der Waals surface area contributed by atoms with E-state index in [1.165, 1.54) is 6.42 Å². The quantitative estimate of drug-likeness (QED) is 0.772. The standard InChI is InChI=1S/C10H17N3O2/c1-7-12-10(15-13-7)6-11-8-4-2-3-5-9(8)14/h8-9,11,14H,2-6H2,1H3/t8-,9-/m0/s1. The number of aryl methyl sites for hydroxylation is 1. The maximum absolute atomic E-state index is 9.72. The van der Waals surface area contributed by atoms with Crippen molar-refractivity contribution >= 4 is 0 Å². The third-order valence-electron chi connectivity index (χ3n) is 2.81. The van der Waals surface area contributed by atoms with Crippen molar-refractivity contribution in [3.8, 4) is 0 Å². The van der Waals surface area contributed by atoms with Crippen LogP contribution in [-0.4, -0.2) is 27.4 Å². The summed E-state index contributed by atoms with van der Waals surface area (Å²) in [5.74, 6) is 1.24. The van der Waals surface area contributed by atoms with Gasteiger partial charge in [0.15, 0.2) is 5.82 Å². The van der Waals surface area contributed by atoms with E-state index in [9.17, 15) is 5.11 Å². The van der Waals surface area contributed by atoms with Crippen LogP contribution in [0.15, 0.2) is 4.52 Å². The molecule has 2 atom stereocenters. The van der Waals surface area contributed by atoms with Crippen LogP contribution in [0.4, 0.5) is 0 Å². The molecule has 0 bridgehead atoms. The van der Waals surface area contributed by atoms with Crippen molar-refractivity contribution in [3.05, 3.63) is 11.7 Å². The minimum atomic E-state index is -0.234. The topological polar surface area (TPSA) is 71.2 Å². The molecule has 1 aromatic rings. The van der Waals surface area contributed by atoms with Gasteiger partial charge in [-0.25, -0.2) is 0 Å². The van der Waals surface area contributed by atoms with Gasteiger partial charge in [0.25, 0.3) is 0 Å². The summed E-state index contributed by atoms with van der Waals surface area (Å²) in [5, 5.41) is 16.7. The maximum Gasteiger partial charge on any atom is 0.240 e. The first-order valence-corrected chi connectivity index (χ1v) is 5.46. The zero-order valence-electron chi connectivity index (χ0n) is 8.94. The molecule has 84 valence electrons. The third kappa shape index (κ3) is 2.76. The Hall–Kier alpha value is -0.940. The molecule has 1 aliphatic rings. The molecule has 0 amide bonds. The summed E-state index contributed by atoms with van der Waals surface area (Å²) >= 11 is 0. The first kappa shape index (κ1) is 10.6. The van der Waals surface area contributed by atoms with Crippen molar-refractivity contribution in [1.29, 1.82) is 0 Å². The zero-order chi connectivity index (χ0) is 10.7. The van der Waals surface area contributed by atoms with E-state index in [-0.39, 0.29) is 12.1 Å². The Morgan fingerprint density at radius 1 is 1.47 bits per heavy atom. The first-order chi connectivity index (χ1) is 7.25. The predicted octanol–water partition coefficient (Wildman–Crippen LogP) is 0.771. The smallest absolute Gasteiger partial charge is 0.240 e. The molecule has 0 radical (unpaired) electrons. The lowest BCUT2D eigenvalue weighted by Crippen LogP contribution is -2.41. The molecule has 2 rings (SSSR count). The first-order valence-electron chi connectivity index (χ1n) is 5.46. The second-order valence-electron chi connectivity index (χ2n) is 4.07. The summed E-state index contributed by atoms with van der Waals surface area (Å²) in [5.41, 5.74) is 0. The molecule has 0 saturated heterocycles. The molecule has 5 heteroatoms. The van der Waals surface area contributed by atoms with Gasteiger partial charge in [0.05, 0.1) is 12.6 Å². The molecule has 1 aromatic heterocycles. The highest BCUT2D eigenvalue weighted by molar-refractivity contribution is 4.86. The van der Waals surface area contributed by atoms with Crippen LogP contribution in [0.1, 0.15) is 37.4 Å². The second-order valence-corrected chi connectivity index (χ2v) is 4.07. The van der Waals surface area contributed by atoms with Gasteiger partial charge in [0, 0.05) is 6.04 Å². The van der Waals surface area contributed by atoms with Crippen molar-refractivity contribution in [3.63, 3.8) is 0 Å². The van der Waals surface area contributed by atoms with Gasteiger partial charge in [-0.2, -0.15) is 4.98 Å². The molecule has 2 N–H and O–H groups in total.